The second kappa shape index (κ2) is 6.52. The molecule has 1 aromatic carbocycles. The lowest BCUT2D eigenvalue weighted by Gasteiger charge is -2.20. The van der Waals surface area contributed by atoms with Gasteiger partial charge in [0, 0.05) is 18.6 Å². The Bertz CT molecular complexity index is 429. The summed E-state index contributed by atoms with van der Waals surface area (Å²) in [6.07, 6.45) is 0.812. The number of methoxy groups -OCH3 is 1. The SMILES string of the molecule is COC(=O)C(COc1cccc(F)c1)C1CCOC1. The summed E-state index contributed by atoms with van der Waals surface area (Å²) >= 11 is 0. The number of ether oxygens (including phenoxy) is 3. The molecule has 1 heterocycles. The van der Waals surface area contributed by atoms with E-state index in [0.29, 0.717) is 19.0 Å². The molecule has 0 aromatic heterocycles. The minimum Gasteiger partial charge on any atom is -0.493 e. The van der Waals surface area contributed by atoms with Gasteiger partial charge in [-0.2, -0.15) is 0 Å². The first-order chi connectivity index (χ1) is 9.20. The first-order valence-corrected chi connectivity index (χ1v) is 6.24. The standard InChI is InChI=1S/C14H17FO4/c1-17-14(16)13(10-5-6-18-8-10)9-19-12-4-2-3-11(15)7-12/h2-4,7,10,13H,5-6,8-9H2,1H3. The molecule has 5 heteroatoms. The van der Waals surface area contributed by atoms with Crippen molar-refractivity contribution >= 4 is 5.97 Å². The molecule has 0 saturated carbocycles. The van der Waals surface area contributed by atoms with Crippen LogP contribution in [0.5, 0.6) is 5.75 Å². The van der Waals surface area contributed by atoms with E-state index in [4.69, 9.17) is 14.2 Å². The maximum Gasteiger partial charge on any atom is 0.312 e. The molecule has 2 atom stereocenters. The lowest BCUT2D eigenvalue weighted by atomic mass is 9.92. The van der Waals surface area contributed by atoms with Crippen LogP contribution in [0.2, 0.25) is 0 Å². The Kier molecular flexibility index (Phi) is 4.74. The summed E-state index contributed by atoms with van der Waals surface area (Å²) in [4.78, 5) is 11.8. The predicted molar refractivity (Wildman–Crippen MR) is 66.3 cm³/mol. The summed E-state index contributed by atoms with van der Waals surface area (Å²) in [5.41, 5.74) is 0. The molecule has 1 aromatic rings. The number of halogens is 1. The van der Waals surface area contributed by atoms with Gasteiger partial charge in [-0.1, -0.05) is 6.07 Å². The fourth-order valence-electron chi connectivity index (χ4n) is 2.16. The highest BCUT2D eigenvalue weighted by atomic mass is 19.1. The molecule has 1 fully saturated rings. The largest absolute Gasteiger partial charge is 0.493 e. The second-order valence-corrected chi connectivity index (χ2v) is 4.52. The highest BCUT2D eigenvalue weighted by molar-refractivity contribution is 5.72. The number of carbonyl (C=O) groups excluding carboxylic acids is 1. The molecule has 104 valence electrons. The summed E-state index contributed by atoms with van der Waals surface area (Å²) in [6.45, 7) is 1.36. The predicted octanol–water partition coefficient (Wildman–Crippen LogP) is 2.03. The van der Waals surface area contributed by atoms with Crippen molar-refractivity contribution in [3.8, 4) is 5.75 Å². The zero-order chi connectivity index (χ0) is 13.7. The number of rotatable bonds is 5. The van der Waals surface area contributed by atoms with Crippen molar-refractivity contribution in [2.45, 2.75) is 6.42 Å². The van der Waals surface area contributed by atoms with Crippen LogP contribution in [0, 0.1) is 17.7 Å². The van der Waals surface area contributed by atoms with E-state index in [-0.39, 0.29) is 30.2 Å². The first-order valence-electron chi connectivity index (χ1n) is 6.24. The van der Waals surface area contributed by atoms with Crippen molar-refractivity contribution in [1.82, 2.24) is 0 Å². The van der Waals surface area contributed by atoms with Crippen LogP contribution in [-0.2, 0) is 14.3 Å². The highest BCUT2D eigenvalue weighted by Gasteiger charge is 2.32. The van der Waals surface area contributed by atoms with Gasteiger partial charge in [-0.3, -0.25) is 4.79 Å². The monoisotopic (exact) mass is 268 g/mol. The van der Waals surface area contributed by atoms with E-state index in [1.165, 1.54) is 19.2 Å². The Hall–Kier alpha value is -1.62. The fourth-order valence-corrected chi connectivity index (χ4v) is 2.16. The van der Waals surface area contributed by atoms with Gasteiger partial charge in [0.1, 0.15) is 18.2 Å². The number of carbonyl (C=O) groups is 1. The summed E-state index contributed by atoms with van der Waals surface area (Å²) in [7, 11) is 1.35. The maximum absolute atomic E-state index is 13.0. The molecular formula is C14H17FO4. The average molecular weight is 268 g/mol. The van der Waals surface area contributed by atoms with Gasteiger partial charge in [0.15, 0.2) is 0 Å². The van der Waals surface area contributed by atoms with E-state index in [9.17, 15) is 9.18 Å². The Morgan fingerprint density at radius 3 is 3.05 bits per heavy atom. The number of hydrogen-bond donors (Lipinski definition) is 0. The summed E-state index contributed by atoms with van der Waals surface area (Å²) in [5, 5.41) is 0. The van der Waals surface area contributed by atoms with Gasteiger partial charge in [-0.05, 0) is 18.6 Å². The smallest absolute Gasteiger partial charge is 0.312 e. The van der Waals surface area contributed by atoms with Crippen LogP contribution in [0.1, 0.15) is 6.42 Å². The maximum atomic E-state index is 13.0. The van der Waals surface area contributed by atoms with E-state index in [1.54, 1.807) is 12.1 Å². The molecule has 1 aliphatic heterocycles. The lowest BCUT2D eigenvalue weighted by molar-refractivity contribution is -0.148. The average Bonchev–Trinajstić information content (AvgIpc) is 2.92. The highest BCUT2D eigenvalue weighted by Crippen LogP contribution is 2.24. The van der Waals surface area contributed by atoms with Gasteiger partial charge in [-0.15, -0.1) is 0 Å². The van der Waals surface area contributed by atoms with Gasteiger partial charge in [0.05, 0.1) is 19.6 Å². The Morgan fingerprint density at radius 1 is 1.58 bits per heavy atom. The second-order valence-electron chi connectivity index (χ2n) is 4.52. The van der Waals surface area contributed by atoms with Crippen LogP contribution in [0.3, 0.4) is 0 Å². The Balaban J connectivity index is 1.97. The molecule has 2 rings (SSSR count). The summed E-state index contributed by atoms with van der Waals surface area (Å²) in [5.74, 6) is -0.548. The van der Waals surface area contributed by atoms with Crippen molar-refractivity contribution in [2.75, 3.05) is 26.9 Å². The Morgan fingerprint density at radius 2 is 2.42 bits per heavy atom. The van der Waals surface area contributed by atoms with Gasteiger partial charge in [-0.25, -0.2) is 4.39 Å². The minimum absolute atomic E-state index is 0.0982. The number of hydrogen-bond acceptors (Lipinski definition) is 4. The molecule has 0 radical (unpaired) electrons. The van der Waals surface area contributed by atoms with Crippen LogP contribution >= 0.6 is 0 Å². The molecule has 2 unspecified atom stereocenters. The number of esters is 1. The van der Waals surface area contributed by atoms with Crippen molar-refractivity contribution < 1.29 is 23.4 Å². The molecular weight excluding hydrogens is 251 g/mol. The normalized spacial score (nSPS) is 20.0. The van der Waals surface area contributed by atoms with E-state index in [0.717, 1.165) is 6.42 Å². The summed E-state index contributed by atoms with van der Waals surface area (Å²) in [6, 6.07) is 5.86. The molecule has 4 nitrogen and oxygen atoms in total. The van der Waals surface area contributed by atoms with Crippen LogP contribution in [0.4, 0.5) is 4.39 Å². The van der Waals surface area contributed by atoms with Crippen molar-refractivity contribution in [2.24, 2.45) is 11.8 Å². The molecule has 0 amide bonds. The fraction of sp³-hybridized carbons (Fsp3) is 0.500. The van der Waals surface area contributed by atoms with Gasteiger partial charge in [0.2, 0.25) is 0 Å². The molecule has 19 heavy (non-hydrogen) atoms. The van der Waals surface area contributed by atoms with Crippen LogP contribution < -0.4 is 4.74 Å². The summed E-state index contributed by atoms with van der Waals surface area (Å²) < 4.78 is 28.6. The third-order valence-corrected chi connectivity index (χ3v) is 3.26. The third kappa shape index (κ3) is 3.67. The quantitative estimate of drug-likeness (QED) is 0.766. The molecule has 1 aliphatic rings. The van der Waals surface area contributed by atoms with Gasteiger partial charge >= 0.3 is 5.97 Å². The van der Waals surface area contributed by atoms with Crippen molar-refractivity contribution in [1.29, 1.82) is 0 Å². The van der Waals surface area contributed by atoms with Crippen LogP contribution in [0.15, 0.2) is 24.3 Å². The molecule has 0 N–H and O–H groups in total. The first kappa shape index (κ1) is 13.8. The van der Waals surface area contributed by atoms with E-state index >= 15 is 0 Å². The zero-order valence-electron chi connectivity index (χ0n) is 10.8. The van der Waals surface area contributed by atoms with E-state index in [1.807, 2.05) is 0 Å². The van der Waals surface area contributed by atoms with Gasteiger partial charge in [0.25, 0.3) is 0 Å². The minimum atomic E-state index is -0.379. The lowest BCUT2D eigenvalue weighted by Crippen LogP contribution is -2.31. The molecule has 1 saturated heterocycles. The third-order valence-electron chi connectivity index (χ3n) is 3.26. The van der Waals surface area contributed by atoms with Crippen molar-refractivity contribution in [3.63, 3.8) is 0 Å². The molecule has 0 spiro atoms. The van der Waals surface area contributed by atoms with Crippen molar-refractivity contribution in [3.05, 3.63) is 30.1 Å². The molecule has 0 bridgehead atoms. The van der Waals surface area contributed by atoms with Gasteiger partial charge < -0.3 is 14.2 Å². The number of benzene rings is 1. The topological polar surface area (TPSA) is 44.8 Å². The molecule has 0 aliphatic carbocycles. The Labute approximate surface area is 111 Å². The van der Waals surface area contributed by atoms with E-state index in [2.05, 4.69) is 0 Å². The van der Waals surface area contributed by atoms with Crippen LogP contribution in [0.25, 0.3) is 0 Å². The zero-order valence-corrected chi connectivity index (χ0v) is 10.8. The van der Waals surface area contributed by atoms with Crippen LogP contribution in [-0.4, -0.2) is 32.9 Å². The van der Waals surface area contributed by atoms with E-state index < -0.39 is 0 Å².